The number of aromatic nitrogens is 3. The van der Waals surface area contributed by atoms with Crippen LogP contribution in [0.15, 0.2) is 4.79 Å². The molecule has 2 heterocycles. The third kappa shape index (κ3) is 2.92. The van der Waals surface area contributed by atoms with Crippen LogP contribution in [0.25, 0.3) is 0 Å². The van der Waals surface area contributed by atoms with Gasteiger partial charge >= 0.3 is 5.69 Å². The fraction of sp³-hybridized carbons (Fsp3) is 0.769. The Hall–Kier alpha value is -1.63. The molecule has 0 saturated carbocycles. The van der Waals surface area contributed by atoms with E-state index in [0.717, 1.165) is 0 Å². The number of hydrogen-bond donors (Lipinski definition) is 0. The van der Waals surface area contributed by atoms with Crippen LogP contribution < -0.4 is 5.69 Å². The number of morpholine rings is 1. The van der Waals surface area contributed by atoms with Crippen LogP contribution in [-0.2, 0) is 21.6 Å². The molecule has 1 aliphatic rings. The first kappa shape index (κ1) is 14.8. The highest BCUT2D eigenvalue weighted by Gasteiger charge is 2.24. The van der Waals surface area contributed by atoms with E-state index in [4.69, 9.17) is 4.74 Å². The minimum Gasteiger partial charge on any atom is -0.378 e. The average Bonchev–Trinajstić information content (AvgIpc) is 2.67. The summed E-state index contributed by atoms with van der Waals surface area (Å²) in [6.45, 7) is 9.80. The predicted octanol–water partition coefficient (Wildman–Crippen LogP) is -0.0330. The Kier molecular flexibility index (Phi) is 3.99. The molecule has 1 saturated heterocycles. The minimum absolute atomic E-state index is 0.0424. The van der Waals surface area contributed by atoms with E-state index in [0.29, 0.717) is 32.1 Å². The molecule has 1 aliphatic heterocycles. The van der Waals surface area contributed by atoms with Crippen LogP contribution in [0.5, 0.6) is 0 Å². The lowest BCUT2D eigenvalue weighted by atomic mass is 10.1. The minimum atomic E-state index is -0.394. The summed E-state index contributed by atoms with van der Waals surface area (Å²) in [5.74, 6) is 0.499. The summed E-state index contributed by atoms with van der Waals surface area (Å²) in [6.07, 6.45) is 0. The van der Waals surface area contributed by atoms with Gasteiger partial charge in [-0.2, -0.15) is 5.10 Å². The lowest BCUT2D eigenvalue weighted by molar-refractivity contribution is -0.136. The first-order chi connectivity index (χ1) is 9.30. The van der Waals surface area contributed by atoms with Crippen LogP contribution in [-0.4, -0.2) is 51.5 Å². The number of aryl methyl sites for hydroxylation is 1. The third-order valence-corrected chi connectivity index (χ3v) is 3.34. The number of rotatable bonds is 2. The fourth-order valence-electron chi connectivity index (χ4n) is 2.16. The number of ether oxygens (including phenoxy) is 1. The molecule has 0 N–H and O–H groups in total. The van der Waals surface area contributed by atoms with Crippen molar-refractivity contribution in [3.8, 4) is 0 Å². The van der Waals surface area contributed by atoms with E-state index in [1.807, 2.05) is 20.8 Å². The number of amides is 1. The van der Waals surface area contributed by atoms with Gasteiger partial charge in [-0.3, -0.25) is 9.36 Å². The van der Waals surface area contributed by atoms with Gasteiger partial charge in [0.15, 0.2) is 0 Å². The summed E-state index contributed by atoms with van der Waals surface area (Å²) < 4.78 is 8.08. The van der Waals surface area contributed by atoms with Crippen LogP contribution in [0.4, 0.5) is 0 Å². The fourth-order valence-corrected chi connectivity index (χ4v) is 2.16. The standard InChI is InChI=1S/C13H22N4O3/c1-10-14-17(13(2,3)4)12(19)16(10)9-11(18)15-5-7-20-8-6-15/h5-9H2,1-4H3. The SMILES string of the molecule is Cc1nn(C(C)(C)C)c(=O)n1CC(=O)N1CCOCC1. The van der Waals surface area contributed by atoms with Crippen molar-refractivity contribution in [2.75, 3.05) is 26.3 Å². The zero-order valence-electron chi connectivity index (χ0n) is 12.5. The van der Waals surface area contributed by atoms with Crippen molar-refractivity contribution in [2.45, 2.75) is 39.8 Å². The van der Waals surface area contributed by atoms with Crippen molar-refractivity contribution in [1.29, 1.82) is 0 Å². The van der Waals surface area contributed by atoms with Crippen LogP contribution in [0.1, 0.15) is 26.6 Å². The Morgan fingerprint density at radius 2 is 1.90 bits per heavy atom. The third-order valence-electron chi connectivity index (χ3n) is 3.34. The molecule has 0 unspecified atom stereocenters. The van der Waals surface area contributed by atoms with Gasteiger partial charge in [-0.05, 0) is 27.7 Å². The summed E-state index contributed by atoms with van der Waals surface area (Å²) in [5.41, 5.74) is -0.633. The van der Waals surface area contributed by atoms with Gasteiger partial charge < -0.3 is 9.64 Å². The molecule has 0 aliphatic carbocycles. The molecule has 0 spiro atoms. The molecular formula is C13H22N4O3. The van der Waals surface area contributed by atoms with E-state index in [2.05, 4.69) is 5.10 Å². The monoisotopic (exact) mass is 282 g/mol. The molecule has 0 atom stereocenters. The van der Waals surface area contributed by atoms with E-state index in [1.165, 1.54) is 9.25 Å². The summed E-state index contributed by atoms with van der Waals surface area (Å²) >= 11 is 0. The van der Waals surface area contributed by atoms with Crippen molar-refractivity contribution in [3.05, 3.63) is 16.3 Å². The van der Waals surface area contributed by atoms with E-state index < -0.39 is 5.54 Å². The smallest absolute Gasteiger partial charge is 0.346 e. The Morgan fingerprint density at radius 3 is 2.40 bits per heavy atom. The Bertz CT molecular complexity index is 547. The van der Waals surface area contributed by atoms with E-state index in [-0.39, 0.29) is 18.1 Å². The maximum atomic E-state index is 12.3. The second-order valence-corrected chi connectivity index (χ2v) is 5.99. The molecule has 2 rings (SSSR count). The highest BCUT2D eigenvalue weighted by atomic mass is 16.5. The summed E-state index contributed by atoms with van der Waals surface area (Å²) in [6, 6.07) is 0. The molecule has 1 aromatic heterocycles. The lowest BCUT2D eigenvalue weighted by Crippen LogP contribution is -2.44. The van der Waals surface area contributed by atoms with Gasteiger partial charge in [0.25, 0.3) is 0 Å². The summed E-state index contributed by atoms with van der Waals surface area (Å²) in [4.78, 5) is 26.3. The van der Waals surface area contributed by atoms with Gasteiger partial charge in [0.1, 0.15) is 12.4 Å². The maximum Gasteiger partial charge on any atom is 0.346 e. The Labute approximate surface area is 118 Å². The predicted molar refractivity (Wildman–Crippen MR) is 73.6 cm³/mol. The maximum absolute atomic E-state index is 12.3. The molecule has 7 heteroatoms. The Balaban J connectivity index is 2.19. The topological polar surface area (TPSA) is 69.4 Å². The largest absolute Gasteiger partial charge is 0.378 e. The zero-order valence-corrected chi connectivity index (χ0v) is 12.5. The number of nitrogens with zero attached hydrogens (tertiary/aromatic N) is 4. The van der Waals surface area contributed by atoms with Crippen LogP contribution in [0.3, 0.4) is 0 Å². The van der Waals surface area contributed by atoms with E-state index in [9.17, 15) is 9.59 Å². The lowest BCUT2D eigenvalue weighted by Gasteiger charge is -2.26. The molecule has 1 amide bonds. The molecule has 0 aromatic carbocycles. The number of carbonyl (C=O) groups is 1. The highest BCUT2D eigenvalue weighted by molar-refractivity contribution is 5.76. The average molecular weight is 282 g/mol. The number of hydrogen-bond acceptors (Lipinski definition) is 4. The summed E-state index contributed by atoms with van der Waals surface area (Å²) in [5, 5.41) is 4.25. The summed E-state index contributed by atoms with van der Waals surface area (Å²) in [7, 11) is 0. The number of carbonyl (C=O) groups excluding carboxylic acids is 1. The second kappa shape index (κ2) is 5.40. The van der Waals surface area contributed by atoms with E-state index in [1.54, 1.807) is 11.8 Å². The molecule has 1 aromatic rings. The van der Waals surface area contributed by atoms with Crippen molar-refractivity contribution in [3.63, 3.8) is 0 Å². The zero-order chi connectivity index (χ0) is 14.9. The van der Waals surface area contributed by atoms with Gasteiger partial charge in [0.05, 0.1) is 18.8 Å². The van der Waals surface area contributed by atoms with Crippen molar-refractivity contribution >= 4 is 5.91 Å². The van der Waals surface area contributed by atoms with Gasteiger partial charge in [0, 0.05) is 13.1 Å². The first-order valence-electron chi connectivity index (χ1n) is 6.83. The molecule has 20 heavy (non-hydrogen) atoms. The van der Waals surface area contributed by atoms with Gasteiger partial charge in [-0.15, -0.1) is 0 Å². The van der Waals surface area contributed by atoms with Gasteiger partial charge in [-0.1, -0.05) is 0 Å². The highest BCUT2D eigenvalue weighted by Crippen LogP contribution is 2.09. The molecule has 7 nitrogen and oxygen atoms in total. The first-order valence-corrected chi connectivity index (χ1v) is 6.83. The Morgan fingerprint density at radius 1 is 1.30 bits per heavy atom. The van der Waals surface area contributed by atoms with Crippen molar-refractivity contribution < 1.29 is 9.53 Å². The molecule has 112 valence electrons. The quantitative estimate of drug-likeness (QED) is 0.763. The van der Waals surface area contributed by atoms with Crippen LogP contribution >= 0.6 is 0 Å². The van der Waals surface area contributed by atoms with Crippen LogP contribution in [0.2, 0.25) is 0 Å². The van der Waals surface area contributed by atoms with Crippen molar-refractivity contribution in [2.24, 2.45) is 0 Å². The molecule has 0 radical (unpaired) electrons. The van der Waals surface area contributed by atoms with Crippen LogP contribution in [0, 0.1) is 6.92 Å². The molecular weight excluding hydrogens is 260 g/mol. The molecule has 1 fully saturated rings. The van der Waals surface area contributed by atoms with E-state index >= 15 is 0 Å². The normalized spacial score (nSPS) is 16.5. The second-order valence-electron chi connectivity index (χ2n) is 5.99. The van der Waals surface area contributed by atoms with Gasteiger partial charge in [0.2, 0.25) is 5.91 Å². The van der Waals surface area contributed by atoms with Gasteiger partial charge in [-0.25, -0.2) is 9.48 Å². The molecule has 0 bridgehead atoms. The van der Waals surface area contributed by atoms with Crippen molar-refractivity contribution in [1.82, 2.24) is 19.2 Å².